The maximum absolute atomic E-state index is 13.5. The third-order valence-electron chi connectivity index (χ3n) is 3.75. The van der Waals surface area contributed by atoms with Crippen molar-refractivity contribution in [2.45, 2.75) is 25.7 Å². The van der Waals surface area contributed by atoms with Crippen LogP contribution in [0, 0.1) is 11.2 Å². The molecule has 0 N–H and O–H groups in total. The molecule has 0 saturated carbocycles. The molecule has 23 heavy (non-hydrogen) atoms. The number of carbonyl (C=O) groups is 2. The molecule has 4 nitrogen and oxygen atoms in total. The van der Waals surface area contributed by atoms with Gasteiger partial charge >= 0.3 is 0 Å². The summed E-state index contributed by atoms with van der Waals surface area (Å²) < 4.78 is 13.5. The first-order chi connectivity index (χ1) is 10.8. The van der Waals surface area contributed by atoms with E-state index in [9.17, 15) is 14.0 Å². The first-order valence-corrected chi connectivity index (χ1v) is 8.72. The van der Waals surface area contributed by atoms with Crippen molar-refractivity contribution in [1.82, 2.24) is 9.80 Å². The number of thioether (sulfide) groups is 1. The highest BCUT2D eigenvalue weighted by Gasteiger charge is 2.30. The largest absolute Gasteiger partial charge is 0.339 e. The molecule has 0 unspecified atom stereocenters. The lowest BCUT2D eigenvalue weighted by molar-refractivity contribution is -0.144. The lowest BCUT2D eigenvalue weighted by atomic mass is 9.94. The average molecular weight is 338 g/mol. The average Bonchev–Trinajstić information content (AvgIpc) is 2.52. The second-order valence-corrected chi connectivity index (χ2v) is 7.66. The van der Waals surface area contributed by atoms with Gasteiger partial charge in [-0.1, -0.05) is 32.9 Å². The molecular formula is C17H23FN2O2S. The predicted octanol–water partition coefficient (Wildman–Crippen LogP) is 2.63. The summed E-state index contributed by atoms with van der Waals surface area (Å²) in [6.07, 6.45) is 0. The number of hydrogen-bond donors (Lipinski definition) is 0. The number of carbonyl (C=O) groups excluding carboxylic acids is 2. The summed E-state index contributed by atoms with van der Waals surface area (Å²) in [6.45, 7) is 7.91. The number of amides is 2. The zero-order valence-corrected chi connectivity index (χ0v) is 14.7. The van der Waals surface area contributed by atoms with E-state index in [1.165, 1.54) is 17.8 Å². The Morgan fingerprint density at radius 2 is 1.65 bits per heavy atom. The molecule has 0 spiro atoms. The Morgan fingerprint density at radius 1 is 1.09 bits per heavy atom. The monoisotopic (exact) mass is 338 g/mol. The Labute approximate surface area is 141 Å². The second kappa shape index (κ2) is 7.34. The van der Waals surface area contributed by atoms with Crippen molar-refractivity contribution in [3.8, 4) is 0 Å². The molecule has 0 bridgehead atoms. The Kier molecular flexibility index (Phi) is 5.68. The molecule has 1 aliphatic heterocycles. The van der Waals surface area contributed by atoms with Gasteiger partial charge in [0, 0.05) is 36.5 Å². The third-order valence-corrected chi connectivity index (χ3v) is 4.78. The van der Waals surface area contributed by atoms with Gasteiger partial charge in [-0.2, -0.15) is 0 Å². The van der Waals surface area contributed by atoms with Gasteiger partial charge in [0.2, 0.25) is 11.8 Å². The van der Waals surface area contributed by atoms with E-state index in [0.29, 0.717) is 31.1 Å². The molecule has 0 atom stereocenters. The molecule has 0 aliphatic carbocycles. The second-order valence-electron chi connectivity index (χ2n) is 6.64. The van der Waals surface area contributed by atoms with Crippen LogP contribution in [0.2, 0.25) is 0 Å². The number of nitrogens with zero attached hydrogens (tertiary/aromatic N) is 2. The molecule has 1 fully saturated rings. The van der Waals surface area contributed by atoms with E-state index in [0.717, 1.165) is 0 Å². The van der Waals surface area contributed by atoms with Crippen molar-refractivity contribution < 1.29 is 14.0 Å². The molecule has 1 heterocycles. The van der Waals surface area contributed by atoms with Crippen molar-refractivity contribution >= 4 is 23.6 Å². The van der Waals surface area contributed by atoms with E-state index >= 15 is 0 Å². The van der Waals surface area contributed by atoms with Gasteiger partial charge in [-0.05, 0) is 12.1 Å². The van der Waals surface area contributed by atoms with E-state index in [1.807, 2.05) is 25.7 Å². The SMILES string of the molecule is CC(C)(C)C(=O)N1CCN(C(=O)CSc2ccccc2F)CC1. The van der Waals surface area contributed by atoms with E-state index in [-0.39, 0.29) is 23.4 Å². The van der Waals surface area contributed by atoms with Crippen molar-refractivity contribution in [3.05, 3.63) is 30.1 Å². The molecule has 1 saturated heterocycles. The van der Waals surface area contributed by atoms with Crippen molar-refractivity contribution in [2.24, 2.45) is 5.41 Å². The van der Waals surface area contributed by atoms with Gasteiger partial charge in [0.05, 0.1) is 5.75 Å². The van der Waals surface area contributed by atoms with Crippen LogP contribution < -0.4 is 0 Å². The highest BCUT2D eigenvalue weighted by atomic mass is 32.2. The first-order valence-electron chi connectivity index (χ1n) is 7.73. The van der Waals surface area contributed by atoms with Gasteiger partial charge in [0.25, 0.3) is 0 Å². The number of piperazine rings is 1. The lowest BCUT2D eigenvalue weighted by Gasteiger charge is -2.37. The van der Waals surface area contributed by atoms with Crippen LogP contribution in [-0.4, -0.2) is 53.5 Å². The highest BCUT2D eigenvalue weighted by Crippen LogP contribution is 2.22. The predicted molar refractivity (Wildman–Crippen MR) is 89.7 cm³/mol. The summed E-state index contributed by atoms with van der Waals surface area (Å²) in [5.41, 5.74) is -0.396. The Hall–Kier alpha value is -1.56. The molecular weight excluding hydrogens is 315 g/mol. The van der Waals surface area contributed by atoms with Crippen LogP contribution in [0.15, 0.2) is 29.2 Å². The van der Waals surface area contributed by atoms with Crippen LogP contribution in [0.1, 0.15) is 20.8 Å². The fraction of sp³-hybridized carbons (Fsp3) is 0.529. The van der Waals surface area contributed by atoms with Gasteiger partial charge in [-0.25, -0.2) is 4.39 Å². The summed E-state index contributed by atoms with van der Waals surface area (Å²) in [5.74, 6) is 0.0195. The minimum absolute atomic E-state index is 0.0129. The quantitative estimate of drug-likeness (QED) is 0.796. The van der Waals surface area contributed by atoms with Crippen LogP contribution in [0.4, 0.5) is 4.39 Å². The fourth-order valence-corrected chi connectivity index (χ4v) is 3.27. The first kappa shape index (κ1) is 17.8. The maximum atomic E-state index is 13.5. The highest BCUT2D eigenvalue weighted by molar-refractivity contribution is 8.00. The van der Waals surface area contributed by atoms with Gasteiger partial charge in [0.15, 0.2) is 0 Å². The Morgan fingerprint density at radius 3 is 2.22 bits per heavy atom. The molecule has 6 heteroatoms. The maximum Gasteiger partial charge on any atom is 0.233 e. The summed E-state index contributed by atoms with van der Waals surface area (Å²) in [7, 11) is 0. The molecule has 126 valence electrons. The molecule has 1 aromatic rings. The fourth-order valence-electron chi connectivity index (χ4n) is 2.43. The number of benzene rings is 1. The van der Waals surface area contributed by atoms with E-state index < -0.39 is 5.41 Å². The van der Waals surface area contributed by atoms with Crippen LogP contribution >= 0.6 is 11.8 Å². The standard InChI is InChI=1S/C17H23FN2O2S/c1-17(2,3)16(22)20-10-8-19(9-11-20)15(21)12-23-14-7-5-4-6-13(14)18/h4-7H,8-12H2,1-3H3. The van der Waals surface area contributed by atoms with E-state index in [1.54, 1.807) is 23.1 Å². The van der Waals surface area contributed by atoms with Gasteiger partial charge < -0.3 is 9.80 Å². The summed E-state index contributed by atoms with van der Waals surface area (Å²) >= 11 is 1.21. The van der Waals surface area contributed by atoms with Crippen molar-refractivity contribution in [3.63, 3.8) is 0 Å². The third kappa shape index (κ3) is 4.70. The van der Waals surface area contributed by atoms with Crippen molar-refractivity contribution in [2.75, 3.05) is 31.9 Å². The molecule has 0 radical (unpaired) electrons. The number of halogens is 1. The lowest BCUT2D eigenvalue weighted by Crippen LogP contribution is -2.53. The molecule has 2 amide bonds. The minimum atomic E-state index is -0.396. The zero-order valence-electron chi connectivity index (χ0n) is 13.8. The number of rotatable bonds is 3. The van der Waals surface area contributed by atoms with Crippen LogP contribution in [0.5, 0.6) is 0 Å². The van der Waals surface area contributed by atoms with E-state index in [2.05, 4.69) is 0 Å². The van der Waals surface area contributed by atoms with Crippen LogP contribution in [0.3, 0.4) is 0 Å². The summed E-state index contributed by atoms with van der Waals surface area (Å²) in [6, 6.07) is 6.45. The topological polar surface area (TPSA) is 40.6 Å². The molecule has 1 aromatic carbocycles. The summed E-state index contributed by atoms with van der Waals surface area (Å²) in [4.78, 5) is 28.5. The molecule has 0 aromatic heterocycles. The Bertz CT molecular complexity index is 578. The number of hydrogen-bond acceptors (Lipinski definition) is 3. The van der Waals surface area contributed by atoms with Crippen LogP contribution in [0.25, 0.3) is 0 Å². The Balaban J connectivity index is 1.82. The molecule has 2 rings (SSSR count). The normalized spacial score (nSPS) is 15.7. The smallest absolute Gasteiger partial charge is 0.233 e. The summed E-state index contributed by atoms with van der Waals surface area (Å²) in [5, 5.41) is 0. The van der Waals surface area contributed by atoms with Crippen molar-refractivity contribution in [1.29, 1.82) is 0 Å². The van der Waals surface area contributed by atoms with Crippen LogP contribution in [-0.2, 0) is 9.59 Å². The molecule has 1 aliphatic rings. The van der Waals surface area contributed by atoms with Gasteiger partial charge in [-0.3, -0.25) is 9.59 Å². The minimum Gasteiger partial charge on any atom is -0.339 e. The van der Waals surface area contributed by atoms with Gasteiger partial charge in [0.1, 0.15) is 5.82 Å². The zero-order chi connectivity index (χ0) is 17.0. The van der Waals surface area contributed by atoms with Gasteiger partial charge in [-0.15, -0.1) is 11.8 Å². The van der Waals surface area contributed by atoms with E-state index in [4.69, 9.17) is 0 Å².